The molecule has 0 aromatic carbocycles. The third-order valence-electron chi connectivity index (χ3n) is 4.20. The summed E-state index contributed by atoms with van der Waals surface area (Å²) in [5.74, 6) is -0.274. The SMILES string of the molecule is C[C@@H](C[C@H]1O[C@@H]1COC(=O)C(C)(C)C)[C@H]1CCOC(C)(C)O1. The van der Waals surface area contributed by atoms with Crippen molar-refractivity contribution >= 4 is 5.97 Å². The Labute approximate surface area is 133 Å². The summed E-state index contributed by atoms with van der Waals surface area (Å²) in [5, 5.41) is 0. The van der Waals surface area contributed by atoms with Crippen LogP contribution in [0.3, 0.4) is 0 Å². The van der Waals surface area contributed by atoms with Crippen molar-refractivity contribution in [1.82, 2.24) is 0 Å². The van der Waals surface area contributed by atoms with E-state index in [9.17, 15) is 4.79 Å². The van der Waals surface area contributed by atoms with Gasteiger partial charge in [0.25, 0.3) is 0 Å². The fraction of sp³-hybridized carbons (Fsp3) is 0.941. The van der Waals surface area contributed by atoms with Gasteiger partial charge in [0.15, 0.2) is 5.79 Å². The van der Waals surface area contributed by atoms with Gasteiger partial charge < -0.3 is 18.9 Å². The van der Waals surface area contributed by atoms with Crippen LogP contribution in [0.1, 0.15) is 54.4 Å². The Morgan fingerprint density at radius 1 is 1.32 bits per heavy atom. The summed E-state index contributed by atoms with van der Waals surface area (Å²) in [4.78, 5) is 11.7. The number of epoxide rings is 1. The molecule has 2 fully saturated rings. The third-order valence-corrected chi connectivity index (χ3v) is 4.20. The van der Waals surface area contributed by atoms with Crippen LogP contribution in [0, 0.1) is 11.3 Å². The minimum atomic E-state index is -0.497. The van der Waals surface area contributed by atoms with E-state index in [1.165, 1.54) is 0 Å². The van der Waals surface area contributed by atoms with Gasteiger partial charge in [-0.25, -0.2) is 0 Å². The summed E-state index contributed by atoms with van der Waals surface area (Å²) >= 11 is 0. The Hall–Kier alpha value is -0.650. The minimum Gasteiger partial charge on any atom is -0.462 e. The minimum absolute atomic E-state index is 0.0431. The Bertz CT molecular complexity index is 398. The van der Waals surface area contributed by atoms with E-state index < -0.39 is 11.2 Å². The van der Waals surface area contributed by atoms with Crippen LogP contribution in [-0.4, -0.2) is 43.3 Å². The predicted molar refractivity (Wildman–Crippen MR) is 82.4 cm³/mol. The van der Waals surface area contributed by atoms with E-state index in [2.05, 4.69) is 6.92 Å². The molecule has 0 aromatic rings. The van der Waals surface area contributed by atoms with Gasteiger partial charge in [-0.3, -0.25) is 4.79 Å². The van der Waals surface area contributed by atoms with E-state index in [0.29, 0.717) is 12.5 Å². The molecule has 0 aromatic heterocycles. The highest BCUT2D eigenvalue weighted by atomic mass is 16.7. The van der Waals surface area contributed by atoms with Gasteiger partial charge in [0.2, 0.25) is 0 Å². The molecule has 5 nitrogen and oxygen atoms in total. The fourth-order valence-corrected chi connectivity index (χ4v) is 2.70. The average Bonchev–Trinajstić information content (AvgIpc) is 3.11. The quantitative estimate of drug-likeness (QED) is 0.577. The molecule has 22 heavy (non-hydrogen) atoms. The number of hydrogen-bond acceptors (Lipinski definition) is 5. The number of esters is 1. The van der Waals surface area contributed by atoms with Crippen LogP contribution in [-0.2, 0) is 23.7 Å². The first kappa shape index (κ1) is 17.7. The standard InChI is InChI=1S/C17H30O5/c1-11(12-7-8-20-17(5,6)22-12)9-13-14(21-13)10-19-15(18)16(2,3)4/h11-14H,7-10H2,1-6H3/t11-,12+,13+,14+/m0/s1. The van der Waals surface area contributed by atoms with Gasteiger partial charge >= 0.3 is 5.97 Å². The molecule has 2 aliphatic heterocycles. The van der Waals surface area contributed by atoms with Gasteiger partial charge in [0, 0.05) is 0 Å². The summed E-state index contributed by atoms with van der Waals surface area (Å²) in [5.41, 5.74) is -0.459. The molecular weight excluding hydrogens is 284 g/mol. The third kappa shape index (κ3) is 4.93. The number of carbonyl (C=O) groups excluding carboxylic acids is 1. The van der Waals surface area contributed by atoms with Crippen LogP contribution in [0.2, 0.25) is 0 Å². The Balaban J connectivity index is 1.69. The van der Waals surface area contributed by atoms with Crippen molar-refractivity contribution < 1.29 is 23.7 Å². The highest BCUT2D eigenvalue weighted by molar-refractivity contribution is 5.75. The van der Waals surface area contributed by atoms with E-state index in [-0.39, 0.29) is 24.3 Å². The Kier molecular flexibility index (Phi) is 5.20. The Morgan fingerprint density at radius 2 is 2.00 bits per heavy atom. The van der Waals surface area contributed by atoms with Crippen LogP contribution in [0.4, 0.5) is 0 Å². The summed E-state index contributed by atoms with van der Waals surface area (Å²) in [6.07, 6.45) is 2.27. The lowest BCUT2D eigenvalue weighted by molar-refractivity contribution is -0.282. The van der Waals surface area contributed by atoms with Gasteiger partial charge in [0.1, 0.15) is 12.7 Å². The van der Waals surface area contributed by atoms with E-state index in [1.807, 2.05) is 34.6 Å². The van der Waals surface area contributed by atoms with Crippen LogP contribution in [0.25, 0.3) is 0 Å². The van der Waals surface area contributed by atoms with E-state index in [1.54, 1.807) is 0 Å². The second kappa shape index (κ2) is 6.46. The van der Waals surface area contributed by atoms with E-state index in [4.69, 9.17) is 18.9 Å². The van der Waals surface area contributed by atoms with Gasteiger partial charge in [-0.15, -0.1) is 0 Å². The van der Waals surface area contributed by atoms with Crippen molar-refractivity contribution in [2.45, 2.75) is 78.5 Å². The van der Waals surface area contributed by atoms with Crippen molar-refractivity contribution in [2.24, 2.45) is 11.3 Å². The zero-order valence-corrected chi connectivity index (χ0v) is 14.7. The highest BCUT2D eigenvalue weighted by Crippen LogP contribution is 2.34. The maximum atomic E-state index is 11.7. The zero-order valence-electron chi connectivity index (χ0n) is 14.7. The van der Waals surface area contributed by atoms with Gasteiger partial charge in [-0.1, -0.05) is 6.92 Å². The molecule has 0 spiro atoms. The first-order valence-electron chi connectivity index (χ1n) is 8.23. The molecule has 128 valence electrons. The fourth-order valence-electron chi connectivity index (χ4n) is 2.70. The summed E-state index contributed by atoms with van der Waals surface area (Å²) in [6, 6.07) is 0. The highest BCUT2D eigenvalue weighted by Gasteiger charge is 2.43. The van der Waals surface area contributed by atoms with Crippen LogP contribution < -0.4 is 0 Å². The molecule has 0 radical (unpaired) electrons. The molecule has 4 atom stereocenters. The lowest BCUT2D eigenvalue weighted by atomic mass is 9.94. The first-order valence-corrected chi connectivity index (χ1v) is 8.23. The van der Waals surface area contributed by atoms with Crippen molar-refractivity contribution in [3.05, 3.63) is 0 Å². The van der Waals surface area contributed by atoms with Crippen molar-refractivity contribution in [3.8, 4) is 0 Å². The molecule has 2 aliphatic rings. The van der Waals surface area contributed by atoms with Gasteiger partial charge in [-0.05, 0) is 53.4 Å². The molecule has 0 saturated carbocycles. The normalized spacial score (nSPS) is 32.4. The van der Waals surface area contributed by atoms with E-state index >= 15 is 0 Å². The smallest absolute Gasteiger partial charge is 0.311 e. The first-order chi connectivity index (χ1) is 10.1. The summed E-state index contributed by atoms with van der Waals surface area (Å²) < 4.78 is 22.5. The average molecular weight is 314 g/mol. The molecular formula is C17H30O5. The van der Waals surface area contributed by atoms with Gasteiger partial charge in [-0.2, -0.15) is 0 Å². The monoisotopic (exact) mass is 314 g/mol. The molecule has 2 rings (SSSR count). The predicted octanol–water partition coefficient (Wildman–Crippen LogP) is 2.91. The largest absolute Gasteiger partial charge is 0.462 e. The lowest BCUT2D eigenvalue weighted by Gasteiger charge is -2.38. The number of ether oxygens (including phenoxy) is 4. The molecule has 5 heteroatoms. The van der Waals surface area contributed by atoms with E-state index in [0.717, 1.165) is 19.4 Å². The summed E-state index contributed by atoms with van der Waals surface area (Å²) in [6.45, 7) is 12.7. The van der Waals surface area contributed by atoms with Crippen LogP contribution in [0.15, 0.2) is 0 Å². The van der Waals surface area contributed by atoms with Crippen molar-refractivity contribution in [1.29, 1.82) is 0 Å². The number of rotatable bonds is 5. The second-order valence-electron chi connectivity index (χ2n) is 7.97. The van der Waals surface area contributed by atoms with Crippen LogP contribution in [0.5, 0.6) is 0 Å². The van der Waals surface area contributed by atoms with Crippen LogP contribution >= 0.6 is 0 Å². The molecule has 0 N–H and O–H groups in total. The van der Waals surface area contributed by atoms with Gasteiger partial charge in [0.05, 0.1) is 24.2 Å². The molecule has 2 saturated heterocycles. The van der Waals surface area contributed by atoms with Crippen molar-refractivity contribution in [2.75, 3.05) is 13.2 Å². The lowest BCUT2D eigenvalue weighted by Crippen LogP contribution is -2.42. The zero-order chi connectivity index (χ0) is 16.5. The molecule has 0 amide bonds. The molecule has 0 unspecified atom stereocenters. The topological polar surface area (TPSA) is 57.3 Å². The Morgan fingerprint density at radius 3 is 2.59 bits per heavy atom. The molecule has 0 bridgehead atoms. The summed E-state index contributed by atoms with van der Waals surface area (Å²) in [7, 11) is 0. The van der Waals surface area contributed by atoms with Crippen molar-refractivity contribution in [3.63, 3.8) is 0 Å². The second-order valence-corrected chi connectivity index (χ2v) is 7.97. The number of carbonyl (C=O) groups is 1. The maximum absolute atomic E-state index is 11.7. The molecule has 0 aliphatic carbocycles. The maximum Gasteiger partial charge on any atom is 0.311 e. The molecule has 2 heterocycles. The number of hydrogen-bond donors (Lipinski definition) is 0.